The maximum absolute atomic E-state index is 12.4. The van der Waals surface area contributed by atoms with E-state index in [1.165, 1.54) is 18.4 Å². The van der Waals surface area contributed by atoms with Crippen LogP contribution in [-0.4, -0.2) is 77.1 Å². The molecule has 1 saturated heterocycles. The number of nitrogens with two attached hydrogens (primary N) is 1. The van der Waals surface area contributed by atoms with Crippen LogP contribution < -0.4 is 11.1 Å². The highest BCUT2D eigenvalue weighted by molar-refractivity contribution is 7.89. The fourth-order valence-electron chi connectivity index (χ4n) is 2.65. The Morgan fingerprint density at radius 2 is 2.00 bits per heavy atom. The molecule has 9 heteroatoms. The number of hydrogen-bond acceptors (Lipinski definition) is 5. The molecule has 1 aliphatic rings. The lowest BCUT2D eigenvalue weighted by Crippen LogP contribution is -2.39. The van der Waals surface area contributed by atoms with Gasteiger partial charge in [-0.1, -0.05) is 18.2 Å². The van der Waals surface area contributed by atoms with Crippen LogP contribution in [0.15, 0.2) is 34.2 Å². The van der Waals surface area contributed by atoms with Crippen molar-refractivity contribution >= 4 is 16.0 Å². The topological polar surface area (TPSA) is 100 Å². The molecular weight excluding hydrogens is 354 g/mol. The Kier molecular flexibility index (Phi) is 7.83. The van der Waals surface area contributed by atoms with Gasteiger partial charge in [0.1, 0.15) is 0 Å². The summed E-state index contributed by atoms with van der Waals surface area (Å²) in [6.07, 6.45) is 0.960. The van der Waals surface area contributed by atoms with Gasteiger partial charge in [0.2, 0.25) is 10.0 Å². The van der Waals surface area contributed by atoms with Crippen LogP contribution in [0.25, 0.3) is 0 Å². The van der Waals surface area contributed by atoms with E-state index in [1.807, 2.05) is 0 Å². The highest BCUT2D eigenvalue weighted by atomic mass is 32.2. The lowest BCUT2D eigenvalue weighted by atomic mass is 10.2. The molecule has 0 atom stereocenters. The van der Waals surface area contributed by atoms with E-state index >= 15 is 0 Å². The van der Waals surface area contributed by atoms with E-state index in [4.69, 9.17) is 10.5 Å². The van der Waals surface area contributed by atoms with Gasteiger partial charge in [0, 0.05) is 33.7 Å². The lowest BCUT2D eigenvalue weighted by molar-refractivity contribution is 0.0376. The normalized spacial score (nSPS) is 16.8. The highest BCUT2D eigenvalue weighted by Gasteiger charge is 2.20. The van der Waals surface area contributed by atoms with Crippen molar-refractivity contribution in [3.05, 3.63) is 29.8 Å². The number of benzene rings is 1. The van der Waals surface area contributed by atoms with Crippen molar-refractivity contribution in [2.24, 2.45) is 10.7 Å². The van der Waals surface area contributed by atoms with Crippen LogP contribution >= 0.6 is 0 Å². The largest absolute Gasteiger partial charge is 0.379 e. The van der Waals surface area contributed by atoms with Crippen molar-refractivity contribution < 1.29 is 13.2 Å². The summed E-state index contributed by atoms with van der Waals surface area (Å²) in [4.78, 5) is 6.90. The van der Waals surface area contributed by atoms with Crippen LogP contribution in [0.1, 0.15) is 12.0 Å². The Balaban J connectivity index is 1.85. The van der Waals surface area contributed by atoms with E-state index in [-0.39, 0.29) is 11.4 Å². The number of hydrogen-bond donors (Lipinski definition) is 2. The van der Waals surface area contributed by atoms with Gasteiger partial charge in [-0.05, 0) is 24.6 Å². The molecule has 1 aliphatic heterocycles. The monoisotopic (exact) mass is 383 g/mol. The molecule has 2 rings (SSSR count). The van der Waals surface area contributed by atoms with Crippen LogP contribution in [0.5, 0.6) is 0 Å². The van der Waals surface area contributed by atoms with Gasteiger partial charge < -0.3 is 15.8 Å². The summed E-state index contributed by atoms with van der Waals surface area (Å²) < 4.78 is 31.3. The molecule has 0 spiro atoms. The summed E-state index contributed by atoms with van der Waals surface area (Å²) in [7, 11) is -0.474. The molecule has 8 nitrogen and oxygen atoms in total. The van der Waals surface area contributed by atoms with Crippen LogP contribution in [0.2, 0.25) is 0 Å². The van der Waals surface area contributed by atoms with E-state index in [0.717, 1.165) is 45.8 Å². The summed E-state index contributed by atoms with van der Waals surface area (Å²) in [5, 5.41) is 3.08. The van der Waals surface area contributed by atoms with Crippen LogP contribution in [0.4, 0.5) is 0 Å². The molecular formula is C17H29N5O3S. The van der Waals surface area contributed by atoms with Crippen LogP contribution in [0, 0.1) is 0 Å². The molecule has 26 heavy (non-hydrogen) atoms. The number of morpholine rings is 1. The quantitative estimate of drug-likeness (QED) is 0.374. The summed E-state index contributed by atoms with van der Waals surface area (Å²) in [5.74, 6) is 0.323. The number of aliphatic imine (C=N–C) groups is 1. The predicted octanol–water partition coefficient (Wildman–Crippen LogP) is 0.0635. The average molecular weight is 384 g/mol. The number of nitrogens with zero attached hydrogens (tertiary/aromatic N) is 3. The van der Waals surface area contributed by atoms with E-state index in [9.17, 15) is 8.42 Å². The molecule has 1 fully saturated rings. The second-order valence-electron chi connectivity index (χ2n) is 6.33. The van der Waals surface area contributed by atoms with Crippen molar-refractivity contribution in [3.63, 3.8) is 0 Å². The van der Waals surface area contributed by atoms with E-state index in [2.05, 4.69) is 15.2 Å². The number of ether oxygens (including phenoxy) is 1. The second-order valence-corrected chi connectivity index (χ2v) is 8.45. The third kappa shape index (κ3) is 5.94. The molecule has 1 aromatic rings. The molecule has 0 amide bonds. The standard InChI is InChI=1S/C17H29N5O3S/c1-21(2)26(23,24)16-7-4-3-6-15(16)14-20-17(18)19-8-5-9-22-10-12-25-13-11-22/h3-4,6-7H,5,8-14H2,1-2H3,(H3,18,19,20). The fourth-order valence-corrected chi connectivity index (χ4v) is 3.76. The van der Waals surface area contributed by atoms with Gasteiger partial charge in [-0.3, -0.25) is 4.90 Å². The minimum absolute atomic E-state index is 0.214. The Hall–Kier alpha value is -1.68. The molecule has 0 radical (unpaired) electrons. The lowest BCUT2D eigenvalue weighted by Gasteiger charge is -2.26. The van der Waals surface area contributed by atoms with Crippen molar-refractivity contribution in [2.75, 3.05) is 53.5 Å². The Bertz CT molecular complexity index is 700. The Morgan fingerprint density at radius 3 is 2.69 bits per heavy atom. The molecule has 0 aromatic heterocycles. The summed E-state index contributed by atoms with van der Waals surface area (Å²) in [6, 6.07) is 6.85. The molecule has 0 bridgehead atoms. The van der Waals surface area contributed by atoms with Gasteiger partial charge in [0.25, 0.3) is 0 Å². The number of sulfonamides is 1. The van der Waals surface area contributed by atoms with Gasteiger partial charge >= 0.3 is 0 Å². The zero-order valence-corrected chi connectivity index (χ0v) is 16.3. The molecule has 146 valence electrons. The van der Waals surface area contributed by atoms with Gasteiger partial charge in [-0.2, -0.15) is 0 Å². The maximum Gasteiger partial charge on any atom is 0.242 e. The minimum atomic E-state index is -3.50. The number of nitrogens with one attached hydrogen (secondary N) is 1. The first kappa shape index (κ1) is 20.6. The van der Waals surface area contributed by atoms with Crippen molar-refractivity contribution in [1.82, 2.24) is 14.5 Å². The third-order valence-electron chi connectivity index (χ3n) is 4.21. The summed E-state index contributed by atoms with van der Waals surface area (Å²) in [5.41, 5.74) is 6.53. The molecule has 1 heterocycles. The number of rotatable bonds is 8. The first-order valence-corrected chi connectivity index (χ1v) is 10.2. The van der Waals surface area contributed by atoms with Gasteiger partial charge in [0.15, 0.2) is 5.96 Å². The van der Waals surface area contributed by atoms with E-state index in [1.54, 1.807) is 24.3 Å². The first-order valence-electron chi connectivity index (χ1n) is 8.75. The van der Waals surface area contributed by atoms with Gasteiger partial charge in [0.05, 0.1) is 24.7 Å². The van der Waals surface area contributed by atoms with Gasteiger partial charge in [-0.15, -0.1) is 0 Å². The van der Waals surface area contributed by atoms with Gasteiger partial charge in [-0.25, -0.2) is 17.7 Å². The smallest absolute Gasteiger partial charge is 0.242 e. The van der Waals surface area contributed by atoms with Crippen molar-refractivity contribution in [1.29, 1.82) is 0 Å². The molecule has 0 saturated carbocycles. The van der Waals surface area contributed by atoms with Crippen molar-refractivity contribution in [3.8, 4) is 0 Å². The third-order valence-corrected chi connectivity index (χ3v) is 6.13. The Morgan fingerprint density at radius 1 is 1.31 bits per heavy atom. The van der Waals surface area contributed by atoms with E-state index in [0.29, 0.717) is 11.5 Å². The maximum atomic E-state index is 12.4. The molecule has 0 unspecified atom stereocenters. The minimum Gasteiger partial charge on any atom is -0.379 e. The number of guanidine groups is 1. The highest BCUT2D eigenvalue weighted by Crippen LogP contribution is 2.19. The van der Waals surface area contributed by atoms with Crippen LogP contribution in [0.3, 0.4) is 0 Å². The first-order chi connectivity index (χ1) is 12.4. The second kappa shape index (κ2) is 9.86. The molecule has 3 N–H and O–H groups in total. The summed E-state index contributed by atoms with van der Waals surface area (Å²) >= 11 is 0. The SMILES string of the molecule is CN(C)S(=O)(=O)c1ccccc1CN=C(N)NCCCN1CCOCC1. The summed E-state index contributed by atoms with van der Waals surface area (Å²) in [6.45, 7) is 5.48. The van der Waals surface area contributed by atoms with Crippen molar-refractivity contribution in [2.45, 2.75) is 17.9 Å². The van der Waals surface area contributed by atoms with Crippen LogP contribution in [-0.2, 0) is 21.3 Å². The Labute approximate surface area is 156 Å². The molecule has 1 aromatic carbocycles. The van der Waals surface area contributed by atoms with E-state index < -0.39 is 10.0 Å². The predicted molar refractivity (Wildman–Crippen MR) is 103 cm³/mol. The molecule has 0 aliphatic carbocycles. The average Bonchev–Trinajstić information content (AvgIpc) is 2.64. The zero-order valence-electron chi connectivity index (χ0n) is 15.5. The zero-order chi connectivity index (χ0) is 19.0. The fraction of sp³-hybridized carbons (Fsp3) is 0.588.